The maximum Gasteiger partial charge on any atom is 0.191 e. The van der Waals surface area contributed by atoms with Crippen molar-refractivity contribution in [2.45, 2.75) is 33.2 Å². The Kier molecular flexibility index (Phi) is 9.03. The number of guanidine groups is 1. The van der Waals surface area contributed by atoms with Gasteiger partial charge in [0.15, 0.2) is 5.96 Å². The van der Waals surface area contributed by atoms with E-state index in [9.17, 15) is 0 Å². The predicted octanol–water partition coefficient (Wildman–Crippen LogP) is 3.72. The largest absolute Gasteiger partial charge is 0.496 e. The topological polar surface area (TPSA) is 64.1 Å². The summed E-state index contributed by atoms with van der Waals surface area (Å²) in [4.78, 5) is 4.79. The molecule has 1 aliphatic rings. The van der Waals surface area contributed by atoms with Gasteiger partial charge in [0, 0.05) is 31.2 Å². The molecule has 1 saturated heterocycles. The molecular weight excluding hydrogens is 390 g/mol. The van der Waals surface area contributed by atoms with Gasteiger partial charge in [0.1, 0.15) is 11.5 Å². The Morgan fingerprint density at radius 2 is 2.00 bits per heavy atom. The van der Waals surface area contributed by atoms with Crippen molar-refractivity contribution < 1.29 is 14.2 Å². The molecule has 0 bridgehead atoms. The average molecular weight is 426 g/mol. The Morgan fingerprint density at radius 3 is 2.77 bits per heavy atom. The second kappa shape index (κ2) is 12.2. The number of rotatable bonds is 10. The molecule has 3 rings (SSSR count). The van der Waals surface area contributed by atoms with Crippen LogP contribution in [0, 0.1) is 12.8 Å². The highest BCUT2D eigenvalue weighted by atomic mass is 16.5. The highest BCUT2D eigenvalue weighted by Gasteiger charge is 2.17. The number of ether oxygens (including phenoxy) is 3. The molecule has 0 aromatic heterocycles. The van der Waals surface area contributed by atoms with Gasteiger partial charge in [-0.25, -0.2) is 4.99 Å². The predicted molar refractivity (Wildman–Crippen MR) is 125 cm³/mol. The first kappa shape index (κ1) is 22.9. The van der Waals surface area contributed by atoms with Gasteiger partial charge in [0.05, 0.1) is 26.9 Å². The maximum atomic E-state index is 6.15. The van der Waals surface area contributed by atoms with Crippen LogP contribution in [0.3, 0.4) is 0 Å². The molecule has 6 nitrogen and oxygen atoms in total. The van der Waals surface area contributed by atoms with Crippen LogP contribution in [-0.2, 0) is 17.7 Å². The van der Waals surface area contributed by atoms with Gasteiger partial charge in [-0.05, 0) is 49.9 Å². The lowest BCUT2D eigenvalue weighted by Gasteiger charge is -2.15. The number of para-hydroxylation sites is 1. The van der Waals surface area contributed by atoms with Crippen molar-refractivity contribution in [3.05, 3.63) is 59.2 Å². The standard InChI is InChI=1S/C25H35N3O3/c1-4-26-25(27-13-11-21-7-5-6-8-23(21)29-3)28-16-22-10-9-19(2)15-24(22)31-18-20-12-14-30-17-20/h5-10,15,20H,4,11-14,16-18H2,1-3H3,(H2,26,27,28). The zero-order valence-electron chi connectivity index (χ0n) is 18.9. The summed E-state index contributed by atoms with van der Waals surface area (Å²) in [5.41, 5.74) is 3.46. The van der Waals surface area contributed by atoms with E-state index in [4.69, 9.17) is 19.2 Å². The summed E-state index contributed by atoms with van der Waals surface area (Å²) >= 11 is 0. The number of benzene rings is 2. The van der Waals surface area contributed by atoms with Crippen LogP contribution < -0.4 is 20.1 Å². The van der Waals surface area contributed by atoms with E-state index in [1.165, 1.54) is 11.1 Å². The molecule has 1 fully saturated rings. The number of methoxy groups -OCH3 is 1. The Balaban J connectivity index is 1.60. The third-order valence-corrected chi connectivity index (χ3v) is 5.35. The van der Waals surface area contributed by atoms with Crippen molar-refractivity contribution in [1.29, 1.82) is 0 Å². The van der Waals surface area contributed by atoms with Crippen molar-refractivity contribution in [3.63, 3.8) is 0 Å². The lowest BCUT2D eigenvalue weighted by molar-refractivity contribution is 0.166. The lowest BCUT2D eigenvalue weighted by Crippen LogP contribution is -2.38. The second-order valence-electron chi connectivity index (χ2n) is 7.84. The Bertz CT molecular complexity index is 848. The molecule has 1 unspecified atom stereocenters. The third kappa shape index (κ3) is 7.17. The second-order valence-corrected chi connectivity index (χ2v) is 7.84. The van der Waals surface area contributed by atoms with Crippen LogP contribution in [0.25, 0.3) is 0 Å². The highest BCUT2D eigenvalue weighted by molar-refractivity contribution is 5.79. The van der Waals surface area contributed by atoms with Crippen molar-refractivity contribution in [2.24, 2.45) is 10.9 Å². The molecule has 1 atom stereocenters. The first-order valence-corrected chi connectivity index (χ1v) is 11.1. The maximum absolute atomic E-state index is 6.15. The monoisotopic (exact) mass is 425 g/mol. The van der Waals surface area contributed by atoms with Crippen molar-refractivity contribution in [2.75, 3.05) is 40.0 Å². The number of nitrogens with zero attached hydrogens (tertiary/aromatic N) is 1. The molecular formula is C25H35N3O3. The fourth-order valence-corrected chi connectivity index (χ4v) is 3.58. The van der Waals surface area contributed by atoms with Gasteiger partial charge in [-0.3, -0.25) is 0 Å². The molecule has 1 aliphatic heterocycles. The van der Waals surface area contributed by atoms with Crippen LogP contribution in [-0.4, -0.2) is 46.0 Å². The summed E-state index contributed by atoms with van der Waals surface area (Å²) in [6.07, 6.45) is 1.93. The summed E-state index contributed by atoms with van der Waals surface area (Å²) < 4.78 is 17.1. The number of nitrogens with one attached hydrogen (secondary N) is 2. The third-order valence-electron chi connectivity index (χ3n) is 5.35. The van der Waals surface area contributed by atoms with Gasteiger partial charge in [0.2, 0.25) is 0 Å². The van der Waals surface area contributed by atoms with E-state index in [1.54, 1.807) is 7.11 Å². The van der Waals surface area contributed by atoms with Crippen molar-refractivity contribution in [1.82, 2.24) is 10.6 Å². The van der Waals surface area contributed by atoms with E-state index in [1.807, 2.05) is 18.2 Å². The molecule has 0 aliphatic carbocycles. The van der Waals surface area contributed by atoms with Crippen LogP contribution in [0.2, 0.25) is 0 Å². The van der Waals surface area contributed by atoms with E-state index < -0.39 is 0 Å². The SMILES string of the molecule is CCNC(=NCc1ccc(C)cc1OCC1CCOC1)NCCc1ccccc1OC. The summed E-state index contributed by atoms with van der Waals surface area (Å²) in [7, 11) is 1.71. The van der Waals surface area contributed by atoms with Crippen LogP contribution in [0.4, 0.5) is 0 Å². The van der Waals surface area contributed by atoms with Crippen LogP contribution in [0.5, 0.6) is 11.5 Å². The molecule has 1 heterocycles. The normalized spacial score (nSPS) is 16.2. The van der Waals surface area contributed by atoms with Crippen LogP contribution >= 0.6 is 0 Å². The van der Waals surface area contributed by atoms with Crippen LogP contribution in [0.1, 0.15) is 30.0 Å². The Hall–Kier alpha value is -2.73. The van der Waals surface area contributed by atoms with Gasteiger partial charge in [-0.15, -0.1) is 0 Å². The quantitative estimate of drug-likeness (QED) is 0.449. The molecule has 2 aromatic carbocycles. The minimum Gasteiger partial charge on any atom is -0.496 e. The summed E-state index contributed by atoms with van der Waals surface area (Å²) in [5.74, 6) is 3.11. The van der Waals surface area contributed by atoms with Gasteiger partial charge in [-0.1, -0.05) is 30.3 Å². The molecule has 168 valence electrons. The lowest BCUT2D eigenvalue weighted by atomic mass is 10.1. The van der Waals surface area contributed by atoms with Gasteiger partial charge in [-0.2, -0.15) is 0 Å². The van der Waals surface area contributed by atoms with Crippen LogP contribution in [0.15, 0.2) is 47.5 Å². The average Bonchev–Trinajstić information content (AvgIpc) is 3.31. The fraction of sp³-hybridized carbons (Fsp3) is 0.480. The molecule has 31 heavy (non-hydrogen) atoms. The summed E-state index contributed by atoms with van der Waals surface area (Å²) in [6.45, 7) is 8.61. The molecule has 0 spiro atoms. The zero-order valence-corrected chi connectivity index (χ0v) is 18.9. The first-order chi connectivity index (χ1) is 15.2. The Morgan fingerprint density at radius 1 is 1.13 bits per heavy atom. The fourth-order valence-electron chi connectivity index (χ4n) is 3.58. The van der Waals surface area contributed by atoms with E-state index >= 15 is 0 Å². The number of aliphatic imine (C=N–C) groups is 1. The molecule has 0 saturated carbocycles. The summed E-state index contributed by atoms with van der Waals surface area (Å²) in [5, 5.41) is 6.75. The van der Waals surface area contributed by atoms with E-state index in [0.29, 0.717) is 19.1 Å². The minimum atomic E-state index is 0.478. The van der Waals surface area contributed by atoms with E-state index in [0.717, 1.165) is 62.2 Å². The summed E-state index contributed by atoms with van der Waals surface area (Å²) in [6, 6.07) is 14.4. The molecule has 0 radical (unpaired) electrons. The van der Waals surface area contributed by atoms with E-state index in [-0.39, 0.29) is 0 Å². The molecule has 2 N–H and O–H groups in total. The van der Waals surface area contributed by atoms with Gasteiger partial charge < -0.3 is 24.8 Å². The Labute approximate surface area is 186 Å². The number of hydrogen-bond donors (Lipinski definition) is 2. The minimum absolute atomic E-state index is 0.478. The molecule has 0 amide bonds. The first-order valence-electron chi connectivity index (χ1n) is 11.1. The number of hydrogen-bond acceptors (Lipinski definition) is 4. The van der Waals surface area contributed by atoms with Crippen molar-refractivity contribution in [3.8, 4) is 11.5 Å². The smallest absolute Gasteiger partial charge is 0.191 e. The molecule has 6 heteroatoms. The van der Waals surface area contributed by atoms with E-state index in [2.05, 4.69) is 48.7 Å². The van der Waals surface area contributed by atoms with Gasteiger partial charge in [0.25, 0.3) is 0 Å². The van der Waals surface area contributed by atoms with Gasteiger partial charge >= 0.3 is 0 Å². The zero-order chi connectivity index (χ0) is 21.9. The highest BCUT2D eigenvalue weighted by Crippen LogP contribution is 2.23. The van der Waals surface area contributed by atoms with Crippen molar-refractivity contribution >= 4 is 5.96 Å². The number of aryl methyl sites for hydroxylation is 1. The molecule has 2 aromatic rings.